The molecule has 19 heavy (non-hydrogen) atoms. The fraction of sp³-hybridized carbons (Fsp3) is 0.200. The van der Waals surface area contributed by atoms with Crippen molar-refractivity contribution in [1.82, 2.24) is 0 Å². The van der Waals surface area contributed by atoms with Crippen molar-refractivity contribution in [1.29, 1.82) is 0 Å². The van der Waals surface area contributed by atoms with Gasteiger partial charge >= 0.3 is 0 Å². The minimum atomic E-state index is -0.322. The van der Waals surface area contributed by atoms with E-state index in [2.05, 4.69) is 0 Å². The van der Waals surface area contributed by atoms with Crippen LogP contribution in [0.25, 0.3) is 0 Å². The van der Waals surface area contributed by atoms with E-state index in [4.69, 9.17) is 0 Å². The summed E-state index contributed by atoms with van der Waals surface area (Å²) in [4.78, 5) is 10.4. The molecule has 0 N–H and O–H groups in total. The van der Waals surface area contributed by atoms with Crippen molar-refractivity contribution in [2.24, 2.45) is 0 Å². The number of benzene rings is 2. The zero-order valence-electron chi connectivity index (χ0n) is 10.3. The van der Waals surface area contributed by atoms with Crippen molar-refractivity contribution in [2.45, 2.75) is 12.3 Å². The maximum atomic E-state index is 13.1. The highest BCUT2D eigenvalue weighted by Crippen LogP contribution is 2.21. The normalized spacial score (nSPS) is 12.1. The van der Waals surface area contributed by atoms with Gasteiger partial charge in [0.1, 0.15) is 5.82 Å². The van der Waals surface area contributed by atoms with Crippen LogP contribution in [0.4, 0.5) is 4.39 Å². The third-order valence-corrected chi connectivity index (χ3v) is 3.01. The Hall–Kier alpha value is -2.23. The molecule has 0 bridgehead atoms. The van der Waals surface area contributed by atoms with Crippen molar-refractivity contribution in [3.8, 4) is 0 Å². The van der Waals surface area contributed by atoms with Crippen LogP contribution in [0.5, 0.6) is 0 Å². The molecule has 2 aromatic carbocycles. The maximum absolute atomic E-state index is 13.1. The van der Waals surface area contributed by atoms with Gasteiger partial charge in [0, 0.05) is 4.92 Å². The Bertz CT molecular complexity index is 557. The van der Waals surface area contributed by atoms with Crippen LogP contribution in [0.2, 0.25) is 0 Å². The van der Waals surface area contributed by atoms with Gasteiger partial charge < -0.3 is 0 Å². The van der Waals surface area contributed by atoms with Crippen LogP contribution in [0.1, 0.15) is 17.0 Å². The van der Waals surface area contributed by atoms with E-state index in [0.717, 1.165) is 11.1 Å². The zero-order chi connectivity index (χ0) is 13.7. The van der Waals surface area contributed by atoms with Gasteiger partial charge in [-0.15, -0.1) is 0 Å². The first kappa shape index (κ1) is 13.2. The molecule has 2 aromatic rings. The summed E-state index contributed by atoms with van der Waals surface area (Å²) < 4.78 is 13.1. The number of halogens is 1. The van der Waals surface area contributed by atoms with Crippen molar-refractivity contribution in [3.63, 3.8) is 0 Å². The fourth-order valence-electron chi connectivity index (χ4n) is 2.14. The predicted molar refractivity (Wildman–Crippen MR) is 71.1 cm³/mol. The summed E-state index contributed by atoms with van der Waals surface area (Å²) in [6.07, 6.45) is 0.461. The minimum absolute atomic E-state index is 0.152. The monoisotopic (exact) mass is 259 g/mol. The number of nitrogens with zero attached hydrogens (tertiary/aromatic N) is 1. The van der Waals surface area contributed by atoms with E-state index in [0.29, 0.717) is 6.42 Å². The molecule has 0 radical (unpaired) electrons. The van der Waals surface area contributed by atoms with Gasteiger partial charge in [-0.3, -0.25) is 10.1 Å². The predicted octanol–water partition coefficient (Wildman–Crippen LogP) is 3.43. The average Bonchev–Trinajstić information content (AvgIpc) is 2.38. The third-order valence-electron chi connectivity index (χ3n) is 3.01. The molecule has 0 aliphatic heterocycles. The number of hydrogen-bond acceptors (Lipinski definition) is 2. The third kappa shape index (κ3) is 3.88. The Morgan fingerprint density at radius 2 is 1.84 bits per heavy atom. The SMILES string of the molecule is O=[N+]([O-])CC(Cc1cccc(F)c1)c1ccccc1. The van der Waals surface area contributed by atoms with E-state index in [-0.39, 0.29) is 23.2 Å². The van der Waals surface area contributed by atoms with Gasteiger partial charge in [0.2, 0.25) is 6.54 Å². The quantitative estimate of drug-likeness (QED) is 0.610. The van der Waals surface area contributed by atoms with Gasteiger partial charge in [-0.1, -0.05) is 42.5 Å². The van der Waals surface area contributed by atoms with Gasteiger partial charge in [0.15, 0.2) is 0 Å². The average molecular weight is 259 g/mol. The Labute approximate surface area is 110 Å². The van der Waals surface area contributed by atoms with Gasteiger partial charge in [0.05, 0.1) is 5.92 Å². The van der Waals surface area contributed by atoms with Gasteiger partial charge in [-0.2, -0.15) is 0 Å². The van der Waals surface area contributed by atoms with Crippen LogP contribution >= 0.6 is 0 Å². The van der Waals surface area contributed by atoms with Gasteiger partial charge in [-0.25, -0.2) is 4.39 Å². The van der Waals surface area contributed by atoms with Gasteiger partial charge in [0.25, 0.3) is 0 Å². The minimum Gasteiger partial charge on any atom is -0.265 e. The molecule has 0 heterocycles. The molecule has 0 aliphatic rings. The topological polar surface area (TPSA) is 43.1 Å². The molecular weight excluding hydrogens is 245 g/mol. The molecule has 0 amide bonds. The summed E-state index contributed by atoms with van der Waals surface area (Å²) >= 11 is 0. The molecule has 98 valence electrons. The highest BCUT2D eigenvalue weighted by molar-refractivity contribution is 5.24. The second kappa shape index (κ2) is 6.09. The molecule has 0 aromatic heterocycles. The smallest absolute Gasteiger partial charge is 0.210 e. The van der Waals surface area contributed by atoms with E-state index in [1.165, 1.54) is 12.1 Å². The van der Waals surface area contributed by atoms with E-state index in [9.17, 15) is 14.5 Å². The first-order chi connectivity index (χ1) is 9.15. The molecule has 2 rings (SSSR count). The fourth-order valence-corrected chi connectivity index (χ4v) is 2.14. The lowest BCUT2D eigenvalue weighted by Gasteiger charge is -2.13. The number of rotatable bonds is 5. The summed E-state index contributed by atoms with van der Waals surface area (Å²) in [7, 11) is 0. The van der Waals surface area contributed by atoms with E-state index >= 15 is 0 Å². The van der Waals surface area contributed by atoms with E-state index < -0.39 is 0 Å². The second-order valence-electron chi connectivity index (χ2n) is 4.46. The molecule has 1 atom stereocenters. The van der Waals surface area contributed by atoms with Crippen molar-refractivity contribution in [2.75, 3.05) is 6.54 Å². The molecule has 4 heteroatoms. The van der Waals surface area contributed by atoms with Crippen LogP contribution in [0.3, 0.4) is 0 Å². The van der Waals surface area contributed by atoms with E-state index in [1.54, 1.807) is 12.1 Å². The Balaban J connectivity index is 2.21. The van der Waals surface area contributed by atoms with Crippen LogP contribution < -0.4 is 0 Å². The summed E-state index contributed by atoms with van der Waals surface area (Å²) in [6, 6.07) is 15.5. The second-order valence-corrected chi connectivity index (χ2v) is 4.46. The summed E-state index contributed by atoms with van der Waals surface area (Å²) in [5.74, 6) is -0.552. The molecule has 0 saturated heterocycles. The molecule has 0 aliphatic carbocycles. The number of hydrogen-bond donors (Lipinski definition) is 0. The summed E-state index contributed by atoms with van der Waals surface area (Å²) in [5, 5.41) is 10.8. The van der Waals surface area contributed by atoms with Crippen LogP contribution in [0.15, 0.2) is 54.6 Å². The lowest BCUT2D eigenvalue weighted by Crippen LogP contribution is -2.15. The van der Waals surface area contributed by atoms with E-state index in [1.807, 2.05) is 30.3 Å². The van der Waals surface area contributed by atoms with Gasteiger partial charge in [-0.05, 0) is 29.7 Å². The summed E-state index contributed by atoms with van der Waals surface area (Å²) in [5.41, 5.74) is 1.68. The van der Waals surface area contributed by atoms with Crippen molar-refractivity contribution >= 4 is 0 Å². The molecular formula is C15H14FNO2. The number of nitro groups is 1. The first-order valence-electron chi connectivity index (χ1n) is 6.06. The lowest BCUT2D eigenvalue weighted by molar-refractivity contribution is -0.483. The Kier molecular flexibility index (Phi) is 4.23. The molecule has 0 saturated carbocycles. The standard InChI is InChI=1S/C15H14FNO2/c16-15-8-4-5-12(10-15)9-14(11-17(18)19)13-6-2-1-3-7-13/h1-8,10,14H,9,11H2. The van der Waals surface area contributed by atoms with Crippen molar-refractivity contribution < 1.29 is 9.31 Å². The first-order valence-corrected chi connectivity index (χ1v) is 6.06. The van der Waals surface area contributed by atoms with Crippen LogP contribution in [-0.4, -0.2) is 11.5 Å². The molecule has 3 nitrogen and oxygen atoms in total. The maximum Gasteiger partial charge on any atom is 0.210 e. The Morgan fingerprint density at radius 3 is 2.47 bits per heavy atom. The summed E-state index contributed by atoms with van der Waals surface area (Å²) in [6.45, 7) is -0.152. The molecule has 0 fully saturated rings. The zero-order valence-corrected chi connectivity index (χ0v) is 10.3. The highest BCUT2D eigenvalue weighted by Gasteiger charge is 2.18. The highest BCUT2D eigenvalue weighted by atomic mass is 19.1. The Morgan fingerprint density at radius 1 is 1.11 bits per heavy atom. The lowest BCUT2D eigenvalue weighted by atomic mass is 9.92. The molecule has 1 unspecified atom stereocenters. The molecule has 0 spiro atoms. The van der Waals surface area contributed by atoms with Crippen LogP contribution in [0, 0.1) is 15.9 Å². The van der Waals surface area contributed by atoms with Crippen molar-refractivity contribution in [3.05, 3.63) is 81.7 Å². The largest absolute Gasteiger partial charge is 0.265 e. The van der Waals surface area contributed by atoms with Crippen LogP contribution in [-0.2, 0) is 6.42 Å².